The van der Waals surface area contributed by atoms with Gasteiger partial charge in [0.05, 0.1) is 5.56 Å². The Morgan fingerprint density at radius 2 is 1.95 bits per heavy atom. The number of carboxylic acids is 1. The highest BCUT2D eigenvalue weighted by molar-refractivity contribution is 5.93. The Labute approximate surface area is 119 Å². The van der Waals surface area contributed by atoms with Crippen molar-refractivity contribution in [3.05, 3.63) is 29.8 Å². The van der Waals surface area contributed by atoms with Gasteiger partial charge in [-0.3, -0.25) is 0 Å². The second kappa shape index (κ2) is 6.93. The van der Waals surface area contributed by atoms with Crippen LogP contribution in [0.1, 0.15) is 37.6 Å². The Bertz CT molecular complexity index is 486. The molecule has 110 valence electrons. The standard InChI is InChI=1S/C15H22N2O3/c1-10(2)8-11(3)17(4)15(20)16-13-7-5-6-12(9-13)14(18)19/h5-7,9-11H,8H2,1-4H3,(H,16,20)(H,18,19). The van der Waals surface area contributed by atoms with E-state index in [-0.39, 0.29) is 17.6 Å². The fourth-order valence-corrected chi connectivity index (χ4v) is 1.98. The quantitative estimate of drug-likeness (QED) is 0.868. The summed E-state index contributed by atoms with van der Waals surface area (Å²) in [6.45, 7) is 6.21. The van der Waals surface area contributed by atoms with E-state index in [4.69, 9.17) is 5.11 Å². The van der Waals surface area contributed by atoms with E-state index in [0.717, 1.165) is 6.42 Å². The number of hydrogen-bond donors (Lipinski definition) is 2. The Balaban J connectivity index is 2.70. The highest BCUT2D eigenvalue weighted by Gasteiger charge is 2.17. The van der Waals surface area contributed by atoms with Gasteiger partial charge in [-0.05, 0) is 37.5 Å². The minimum Gasteiger partial charge on any atom is -0.478 e. The highest BCUT2D eigenvalue weighted by Crippen LogP contribution is 2.14. The number of aromatic carboxylic acids is 1. The zero-order chi connectivity index (χ0) is 15.3. The maximum absolute atomic E-state index is 12.1. The minimum absolute atomic E-state index is 0.123. The molecule has 0 spiro atoms. The van der Waals surface area contributed by atoms with Gasteiger partial charge in [-0.25, -0.2) is 9.59 Å². The van der Waals surface area contributed by atoms with Gasteiger partial charge in [-0.2, -0.15) is 0 Å². The summed E-state index contributed by atoms with van der Waals surface area (Å²) in [4.78, 5) is 24.6. The zero-order valence-corrected chi connectivity index (χ0v) is 12.4. The number of urea groups is 1. The topological polar surface area (TPSA) is 69.6 Å². The van der Waals surface area contributed by atoms with Crippen LogP contribution in [-0.2, 0) is 0 Å². The average molecular weight is 278 g/mol. The normalized spacial score (nSPS) is 12.1. The number of anilines is 1. The zero-order valence-electron chi connectivity index (χ0n) is 12.4. The maximum Gasteiger partial charge on any atom is 0.335 e. The van der Waals surface area contributed by atoms with Gasteiger partial charge in [0.2, 0.25) is 0 Å². The monoisotopic (exact) mass is 278 g/mol. The summed E-state index contributed by atoms with van der Waals surface area (Å²) in [5.74, 6) is -0.502. The third-order valence-corrected chi connectivity index (χ3v) is 3.15. The summed E-state index contributed by atoms with van der Waals surface area (Å²) >= 11 is 0. The Kier molecular flexibility index (Phi) is 5.55. The van der Waals surface area contributed by atoms with E-state index < -0.39 is 5.97 Å². The van der Waals surface area contributed by atoms with Gasteiger partial charge >= 0.3 is 12.0 Å². The van der Waals surface area contributed by atoms with Crippen LogP contribution in [0.25, 0.3) is 0 Å². The van der Waals surface area contributed by atoms with Gasteiger partial charge in [0.15, 0.2) is 0 Å². The fraction of sp³-hybridized carbons (Fsp3) is 0.467. The van der Waals surface area contributed by atoms with Crippen LogP contribution in [0.5, 0.6) is 0 Å². The molecular weight excluding hydrogens is 256 g/mol. The number of rotatable bonds is 5. The lowest BCUT2D eigenvalue weighted by Crippen LogP contribution is -2.38. The summed E-state index contributed by atoms with van der Waals surface area (Å²) in [5.41, 5.74) is 0.638. The van der Waals surface area contributed by atoms with Crippen molar-refractivity contribution in [2.24, 2.45) is 5.92 Å². The molecule has 0 fully saturated rings. The van der Waals surface area contributed by atoms with E-state index >= 15 is 0 Å². The summed E-state index contributed by atoms with van der Waals surface area (Å²) in [6.07, 6.45) is 0.916. The van der Waals surface area contributed by atoms with Crippen molar-refractivity contribution >= 4 is 17.7 Å². The first-order chi connectivity index (χ1) is 9.31. The number of hydrogen-bond acceptors (Lipinski definition) is 2. The lowest BCUT2D eigenvalue weighted by Gasteiger charge is -2.26. The Hall–Kier alpha value is -2.04. The van der Waals surface area contributed by atoms with Crippen LogP contribution in [0.3, 0.4) is 0 Å². The number of carbonyl (C=O) groups is 2. The molecule has 1 unspecified atom stereocenters. The van der Waals surface area contributed by atoms with Crippen molar-refractivity contribution in [3.8, 4) is 0 Å². The summed E-state index contributed by atoms with van der Waals surface area (Å²) in [5, 5.41) is 11.6. The largest absolute Gasteiger partial charge is 0.478 e. The molecule has 0 heterocycles. The van der Waals surface area contributed by atoms with Crippen molar-refractivity contribution in [1.82, 2.24) is 4.90 Å². The first-order valence-corrected chi connectivity index (χ1v) is 6.68. The van der Waals surface area contributed by atoms with Crippen LogP contribution in [0.15, 0.2) is 24.3 Å². The fourth-order valence-electron chi connectivity index (χ4n) is 1.98. The molecule has 1 aromatic rings. The summed E-state index contributed by atoms with van der Waals surface area (Å²) < 4.78 is 0. The van der Waals surface area contributed by atoms with Crippen molar-refractivity contribution in [3.63, 3.8) is 0 Å². The minimum atomic E-state index is -1.01. The summed E-state index contributed by atoms with van der Waals surface area (Å²) in [7, 11) is 1.74. The molecule has 2 amide bonds. The van der Waals surface area contributed by atoms with E-state index in [9.17, 15) is 9.59 Å². The van der Waals surface area contributed by atoms with Gasteiger partial charge in [0.25, 0.3) is 0 Å². The summed E-state index contributed by atoms with van der Waals surface area (Å²) in [6, 6.07) is 6.10. The molecule has 0 bridgehead atoms. The van der Waals surface area contributed by atoms with Crippen LogP contribution in [-0.4, -0.2) is 35.1 Å². The third-order valence-electron chi connectivity index (χ3n) is 3.15. The molecule has 5 heteroatoms. The molecule has 1 aromatic carbocycles. The molecule has 20 heavy (non-hydrogen) atoms. The van der Waals surface area contributed by atoms with Crippen molar-refractivity contribution in [1.29, 1.82) is 0 Å². The molecule has 0 aliphatic heterocycles. The second-order valence-electron chi connectivity index (χ2n) is 5.41. The van der Waals surface area contributed by atoms with Gasteiger partial charge in [-0.15, -0.1) is 0 Å². The third kappa shape index (κ3) is 4.57. The first-order valence-electron chi connectivity index (χ1n) is 6.68. The number of amides is 2. The Morgan fingerprint density at radius 1 is 1.30 bits per heavy atom. The molecular formula is C15H22N2O3. The molecule has 0 aromatic heterocycles. The molecule has 1 rings (SSSR count). The number of nitrogens with one attached hydrogen (secondary N) is 1. The SMILES string of the molecule is CC(C)CC(C)N(C)C(=O)Nc1cccc(C(=O)O)c1. The Morgan fingerprint density at radius 3 is 2.50 bits per heavy atom. The van der Waals surface area contributed by atoms with Crippen LogP contribution in [0, 0.1) is 5.92 Å². The van der Waals surface area contributed by atoms with Crippen LogP contribution in [0.2, 0.25) is 0 Å². The van der Waals surface area contributed by atoms with Crippen LogP contribution < -0.4 is 5.32 Å². The van der Waals surface area contributed by atoms with E-state index in [1.165, 1.54) is 12.1 Å². The average Bonchev–Trinajstić information content (AvgIpc) is 2.37. The second-order valence-corrected chi connectivity index (χ2v) is 5.41. The number of carboxylic acid groups (broad SMARTS) is 1. The number of nitrogens with zero attached hydrogens (tertiary/aromatic N) is 1. The molecule has 0 saturated carbocycles. The molecule has 0 aliphatic rings. The molecule has 0 radical (unpaired) electrons. The van der Waals surface area contributed by atoms with Crippen molar-refractivity contribution in [2.45, 2.75) is 33.2 Å². The van der Waals surface area contributed by atoms with E-state index in [1.807, 2.05) is 6.92 Å². The molecule has 5 nitrogen and oxygen atoms in total. The predicted octanol–water partition coefficient (Wildman–Crippen LogP) is 3.28. The van der Waals surface area contributed by atoms with Gasteiger partial charge in [0.1, 0.15) is 0 Å². The lowest BCUT2D eigenvalue weighted by molar-refractivity contribution is 0.0697. The van der Waals surface area contributed by atoms with E-state index in [1.54, 1.807) is 24.1 Å². The van der Waals surface area contributed by atoms with E-state index in [2.05, 4.69) is 19.2 Å². The lowest BCUT2D eigenvalue weighted by atomic mass is 10.0. The maximum atomic E-state index is 12.1. The molecule has 2 N–H and O–H groups in total. The van der Waals surface area contributed by atoms with Gasteiger partial charge < -0.3 is 15.3 Å². The smallest absolute Gasteiger partial charge is 0.335 e. The van der Waals surface area contributed by atoms with Gasteiger partial charge in [-0.1, -0.05) is 19.9 Å². The highest BCUT2D eigenvalue weighted by atomic mass is 16.4. The van der Waals surface area contributed by atoms with Crippen LogP contribution >= 0.6 is 0 Å². The van der Waals surface area contributed by atoms with Gasteiger partial charge in [0, 0.05) is 18.8 Å². The molecule has 1 atom stereocenters. The van der Waals surface area contributed by atoms with E-state index in [0.29, 0.717) is 11.6 Å². The number of benzene rings is 1. The van der Waals surface area contributed by atoms with Crippen LogP contribution in [0.4, 0.5) is 10.5 Å². The molecule has 0 aliphatic carbocycles. The number of carbonyl (C=O) groups excluding carboxylic acids is 1. The van der Waals surface area contributed by atoms with Crippen molar-refractivity contribution in [2.75, 3.05) is 12.4 Å². The first kappa shape index (κ1) is 16.0. The predicted molar refractivity (Wildman–Crippen MR) is 79.1 cm³/mol. The molecule has 0 saturated heterocycles. The van der Waals surface area contributed by atoms with Crippen molar-refractivity contribution < 1.29 is 14.7 Å².